The van der Waals surface area contributed by atoms with Gasteiger partial charge in [0.15, 0.2) is 16.7 Å². The van der Waals surface area contributed by atoms with Gasteiger partial charge < -0.3 is 14.3 Å². The molecule has 5 rings (SSSR count). The van der Waals surface area contributed by atoms with Crippen LogP contribution in [-0.4, -0.2) is 28.4 Å². The molecule has 0 fully saturated rings. The number of nitrogens with zero attached hydrogens (tertiary/aromatic N) is 2. The Morgan fingerprint density at radius 3 is 2.74 bits per heavy atom. The summed E-state index contributed by atoms with van der Waals surface area (Å²) >= 11 is 1.10. The Morgan fingerprint density at radius 1 is 1.24 bits per heavy atom. The highest BCUT2D eigenvalue weighted by Crippen LogP contribution is 2.44. The molecule has 1 amide bonds. The number of amides is 1. The molecule has 34 heavy (non-hydrogen) atoms. The smallest absolute Gasteiger partial charge is 0.296 e. The summed E-state index contributed by atoms with van der Waals surface area (Å²) in [6.45, 7) is 2.55. The summed E-state index contributed by atoms with van der Waals surface area (Å²) in [6, 6.07) is 13.1. The van der Waals surface area contributed by atoms with Gasteiger partial charge in [0.2, 0.25) is 5.78 Å². The van der Waals surface area contributed by atoms with Gasteiger partial charge in [0.25, 0.3) is 5.91 Å². The molecule has 1 aliphatic rings. The van der Waals surface area contributed by atoms with Crippen LogP contribution < -0.4 is 9.64 Å². The van der Waals surface area contributed by atoms with Crippen LogP contribution in [0.1, 0.15) is 35.5 Å². The van der Waals surface area contributed by atoms with Crippen LogP contribution in [0.4, 0.5) is 9.52 Å². The number of carbonyl (C=O) groups excluding carboxylic acids is 2. The Labute approximate surface area is 197 Å². The molecule has 1 aliphatic heterocycles. The van der Waals surface area contributed by atoms with E-state index in [1.165, 1.54) is 35.4 Å². The van der Waals surface area contributed by atoms with Gasteiger partial charge in [0, 0.05) is 0 Å². The largest absolute Gasteiger partial charge is 0.503 e. The molecule has 0 aliphatic carbocycles. The first-order valence-electron chi connectivity index (χ1n) is 10.6. The number of hydrogen-bond donors (Lipinski definition) is 1. The second-order valence-corrected chi connectivity index (χ2v) is 8.68. The van der Waals surface area contributed by atoms with Crippen LogP contribution in [0.2, 0.25) is 0 Å². The number of fused-ring (bicyclic) bond motifs is 1. The maximum atomic E-state index is 13.7. The van der Waals surface area contributed by atoms with Gasteiger partial charge in [0.05, 0.1) is 34.7 Å². The van der Waals surface area contributed by atoms with E-state index in [9.17, 15) is 19.1 Å². The average molecular weight is 479 g/mol. The van der Waals surface area contributed by atoms with Gasteiger partial charge in [0.1, 0.15) is 11.6 Å². The fourth-order valence-corrected chi connectivity index (χ4v) is 4.86. The molecule has 0 spiro atoms. The zero-order valence-electron chi connectivity index (χ0n) is 18.0. The molecule has 172 valence electrons. The third kappa shape index (κ3) is 3.73. The number of aliphatic hydroxyl groups is 1. The molecular formula is C25H19FN2O5S. The van der Waals surface area contributed by atoms with Crippen molar-refractivity contribution in [2.24, 2.45) is 0 Å². The van der Waals surface area contributed by atoms with E-state index in [-0.39, 0.29) is 16.5 Å². The third-order valence-electron chi connectivity index (χ3n) is 5.41. The van der Waals surface area contributed by atoms with Crippen molar-refractivity contribution in [3.05, 3.63) is 89.3 Å². The molecule has 0 radical (unpaired) electrons. The number of Topliss-reactive ketones (excluding diaryl/α,β-unsaturated/α-hetero) is 1. The predicted octanol–water partition coefficient (Wildman–Crippen LogP) is 5.60. The van der Waals surface area contributed by atoms with E-state index in [4.69, 9.17) is 9.15 Å². The van der Waals surface area contributed by atoms with Gasteiger partial charge in [-0.2, -0.15) is 0 Å². The molecule has 0 bridgehead atoms. The fourth-order valence-electron chi connectivity index (χ4n) is 3.85. The standard InChI is InChI=1S/C25H19FN2O5S/c1-2-11-32-16-8-5-14(6-9-16)21-20(22(29)18-4-3-12-33-18)23(30)24(31)28(21)25-27-17-10-7-15(26)13-19(17)34-25/h3-10,12-13,21,30H,2,11H2,1H3/t21-/m0/s1. The highest BCUT2D eigenvalue weighted by Gasteiger charge is 2.46. The molecule has 0 saturated heterocycles. The maximum absolute atomic E-state index is 13.7. The van der Waals surface area contributed by atoms with E-state index in [0.29, 0.717) is 28.1 Å². The number of anilines is 1. The quantitative estimate of drug-likeness (QED) is 0.348. The fraction of sp³-hybridized carbons (Fsp3) is 0.160. The zero-order chi connectivity index (χ0) is 23.8. The van der Waals surface area contributed by atoms with Crippen molar-refractivity contribution in [1.82, 2.24) is 4.98 Å². The van der Waals surface area contributed by atoms with Crippen LogP contribution in [0.25, 0.3) is 10.2 Å². The molecule has 1 atom stereocenters. The predicted molar refractivity (Wildman–Crippen MR) is 125 cm³/mol. The number of aromatic nitrogens is 1. The Hall–Kier alpha value is -3.98. The lowest BCUT2D eigenvalue weighted by atomic mass is 9.95. The minimum absolute atomic E-state index is 0.00419. The number of thiazole rings is 1. The summed E-state index contributed by atoms with van der Waals surface area (Å²) in [7, 11) is 0. The van der Waals surface area contributed by atoms with Crippen LogP contribution in [0.3, 0.4) is 0 Å². The second-order valence-electron chi connectivity index (χ2n) is 7.67. The van der Waals surface area contributed by atoms with Crippen molar-refractivity contribution in [3.8, 4) is 5.75 Å². The topological polar surface area (TPSA) is 92.9 Å². The number of carbonyl (C=O) groups is 2. The van der Waals surface area contributed by atoms with Crippen molar-refractivity contribution in [1.29, 1.82) is 0 Å². The zero-order valence-corrected chi connectivity index (χ0v) is 18.8. The van der Waals surface area contributed by atoms with Crippen LogP contribution in [0.5, 0.6) is 5.75 Å². The maximum Gasteiger partial charge on any atom is 0.296 e. The number of halogens is 1. The average Bonchev–Trinajstić information content (AvgIpc) is 3.56. The van der Waals surface area contributed by atoms with E-state index in [2.05, 4.69) is 4.98 Å². The Bertz CT molecular complexity index is 1410. The molecule has 0 unspecified atom stereocenters. The highest BCUT2D eigenvalue weighted by molar-refractivity contribution is 7.22. The van der Waals surface area contributed by atoms with E-state index < -0.39 is 29.3 Å². The van der Waals surface area contributed by atoms with Crippen molar-refractivity contribution < 1.29 is 28.2 Å². The molecule has 2 aromatic carbocycles. The number of aliphatic hydroxyl groups excluding tert-OH is 1. The van der Waals surface area contributed by atoms with E-state index in [1.54, 1.807) is 30.3 Å². The lowest BCUT2D eigenvalue weighted by Crippen LogP contribution is -2.30. The summed E-state index contributed by atoms with van der Waals surface area (Å²) in [5, 5.41) is 11.0. The SMILES string of the molecule is CCCOc1ccc([C@H]2C(C(=O)c3ccco3)=C(O)C(=O)N2c2nc3ccc(F)cc3s2)cc1. The molecule has 1 N–H and O–H groups in total. The van der Waals surface area contributed by atoms with E-state index in [0.717, 1.165) is 17.8 Å². The van der Waals surface area contributed by atoms with Crippen molar-refractivity contribution >= 4 is 38.4 Å². The normalized spacial score (nSPS) is 16.0. The molecule has 9 heteroatoms. The van der Waals surface area contributed by atoms with Gasteiger partial charge in [-0.25, -0.2) is 9.37 Å². The Balaban J connectivity index is 1.62. The van der Waals surface area contributed by atoms with Crippen LogP contribution in [0.15, 0.2) is 76.6 Å². The molecular weight excluding hydrogens is 459 g/mol. The summed E-state index contributed by atoms with van der Waals surface area (Å²) < 4.78 is 25.2. The van der Waals surface area contributed by atoms with Gasteiger partial charge in [-0.05, 0) is 54.4 Å². The molecule has 3 heterocycles. The van der Waals surface area contributed by atoms with Gasteiger partial charge >= 0.3 is 0 Å². The summed E-state index contributed by atoms with van der Waals surface area (Å²) in [5.41, 5.74) is 0.954. The van der Waals surface area contributed by atoms with Gasteiger partial charge in [-0.15, -0.1) is 0 Å². The number of benzene rings is 2. The van der Waals surface area contributed by atoms with Crippen LogP contribution >= 0.6 is 11.3 Å². The van der Waals surface area contributed by atoms with E-state index >= 15 is 0 Å². The first-order chi connectivity index (χ1) is 16.5. The lowest BCUT2D eigenvalue weighted by molar-refractivity contribution is -0.117. The van der Waals surface area contributed by atoms with Crippen molar-refractivity contribution in [3.63, 3.8) is 0 Å². The number of rotatable bonds is 7. The molecule has 7 nitrogen and oxygen atoms in total. The van der Waals surface area contributed by atoms with Crippen LogP contribution in [-0.2, 0) is 4.79 Å². The monoisotopic (exact) mass is 478 g/mol. The lowest BCUT2D eigenvalue weighted by Gasteiger charge is -2.24. The van der Waals surface area contributed by atoms with Gasteiger partial charge in [-0.3, -0.25) is 14.5 Å². The minimum Gasteiger partial charge on any atom is -0.503 e. The number of hydrogen-bond acceptors (Lipinski definition) is 7. The second kappa shape index (κ2) is 8.75. The minimum atomic E-state index is -0.962. The first-order valence-corrected chi connectivity index (χ1v) is 11.4. The van der Waals surface area contributed by atoms with Crippen LogP contribution in [0, 0.1) is 5.82 Å². The highest BCUT2D eigenvalue weighted by atomic mass is 32.1. The van der Waals surface area contributed by atoms with E-state index in [1.807, 2.05) is 6.92 Å². The number of furan rings is 1. The van der Waals surface area contributed by atoms with Gasteiger partial charge in [-0.1, -0.05) is 30.4 Å². The molecule has 0 saturated carbocycles. The van der Waals surface area contributed by atoms with Crippen molar-refractivity contribution in [2.75, 3.05) is 11.5 Å². The third-order valence-corrected chi connectivity index (χ3v) is 6.43. The van der Waals surface area contributed by atoms with Crippen molar-refractivity contribution in [2.45, 2.75) is 19.4 Å². The first kappa shape index (κ1) is 21.8. The summed E-state index contributed by atoms with van der Waals surface area (Å²) in [4.78, 5) is 32.2. The summed E-state index contributed by atoms with van der Waals surface area (Å²) in [5.74, 6) is -1.85. The Kier molecular flexibility index (Phi) is 5.62. The Morgan fingerprint density at radius 2 is 2.03 bits per heavy atom. The number of ketones is 1. The molecule has 2 aromatic heterocycles. The number of ether oxygens (including phenoxy) is 1. The summed E-state index contributed by atoms with van der Waals surface area (Å²) in [6.07, 6.45) is 2.19. The molecule has 4 aromatic rings.